The normalized spacial score (nSPS) is 16.9. The van der Waals surface area contributed by atoms with Crippen LogP contribution in [0.2, 0.25) is 0 Å². The number of methoxy groups -OCH3 is 1. The van der Waals surface area contributed by atoms with Crippen LogP contribution in [0.25, 0.3) is 0 Å². The number of sulfonamides is 1. The highest BCUT2D eigenvalue weighted by atomic mass is 32.2. The first-order valence-electron chi connectivity index (χ1n) is 6.16. The molecule has 0 aliphatic carbocycles. The van der Waals surface area contributed by atoms with E-state index in [-0.39, 0.29) is 29.9 Å². The summed E-state index contributed by atoms with van der Waals surface area (Å²) in [5.74, 6) is -0.692. The van der Waals surface area contributed by atoms with Gasteiger partial charge in [0.05, 0.1) is 17.9 Å². The monoisotopic (exact) mass is 283 g/mol. The largest absolute Gasteiger partial charge is 0.469 e. The fourth-order valence-corrected chi connectivity index (χ4v) is 3.53. The van der Waals surface area contributed by atoms with Crippen LogP contribution in [0.15, 0.2) is 29.2 Å². The number of nitrogens with zero attached hydrogens (tertiary/aromatic N) is 1. The van der Waals surface area contributed by atoms with E-state index >= 15 is 0 Å². The predicted octanol–water partition coefficient (Wildman–Crippen LogP) is 1.04. The van der Waals surface area contributed by atoms with Crippen LogP contribution in [-0.2, 0) is 26.0 Å². The third-order valence-electron chi connectivity index (χ3n) is 3.35. The molecule has 1 aliphatic heterocycles. The van der Waals surface area contributed by atoms with Gasteiger partial charge in [0, 0.05) is 13.1 Å². The molecule has 0 radical (unpaired) electrons. The maximum atomic E-state index is 12.2. The quantitative estimate of drug-likeness (QED) is 0.775. The van der Waals surface area contributed by atoms with Gasteiger partial charge in [0.1, 0.15) is 0 Å². The summed E-state index contributed by atoms with van der Waals surface area (Å²) in [5.41, 5.74) is 1.09. The standard InChI is InChI=1S/C13H17NO4S/c1-3-10-4-6-12(7-5-10)19(16,17)14-8-11(9-14)13(15)18-2/h4-7,11H,3,8-9H2,1-2H3. The molecule has 0 spiro atoms. The molecule has 0 saturated carbocycles. The lowest BCUT2D eigenvalue weighted by atomic mass is 10.0. The first kappa shape index (κ1) is 14.0. The lowest BCUT2D eigenvalue weighted by molar-refractivity contribution is -0.149. The molecule has 6 heteroatoms. The highest BCUT2D eigenvalue weighted by Crippen LogP contribution is 2.25. The van der Waals surface area contributed by atoms with E-state index in [0.29, 0.717) is 0 Å². The van der Waals surface area contributed by atoms with Gasteiger partial charge in [0.25, 0.3) is 0 Å². The van der Waals surface area contributed by atoms with Gasteiger partial charge >= 0.3 is 5.97 Å². The van der Waals surface area contributed by atoms with E-state index in [1.165, 1.54) is 11.4 Å². The molecule has 2 rings (SSSR count). The first-order chi connectivity index (χ1) is 8.98. The van der Waals surface area contributed by atoms with E-state index in [0.717, 1.165) is 12.0 Å². The van der Waals surface area contributed by atoms with Gasteiger partial charge in [0.15, 0.2) is 0 Å². The second-order valence-electron chi connectivity index (χ2n) is 4.54. The summed E-state index contributed by atoms with van der Waals surface area (Å²) in [7, 11) is -2.17. The molecule has 5 nitrogen and oxygen atoms in total. The average molecular weight is 283 g/mol. The van der Waals surface area contributed by atoms with Crippen LogP contribution in [0.4, 0.5) is 0 Å². The molecule has 1 aliphatic rings. The zero-order chi connectivity index (χ0) is 14.0. The third kappa shape index (κ3) is 2.64. The highest BCUT2D eigenvalue weighted by molar-refractivity contribution is 7.89. The molecule has 0 bridgehead atoms. The molecule has 0 unspecified atom stereocenters. The lowest BCUT2D eigenvalue weighted by Gasteiger charge is -2.36. The molecule has 1 saturated heterocycles. The van der Waals surface area contributed by atoms with Gasteiger partial charge in [0.2, 0.25) is 10.0 Å². The average Bonchev–Trinajstić information content (AvgIpc) is 2.36. The minimum Gasteiger partial charge on any atom is -0.469 e. The highest BCUT2D eigenvalue weighted by Gasteiger charge is 2.40. The summed E-state index contributed by atoms with van der Waals surface area (Å²) in [5, 5.41) is 0. The van der Waals surface area contributed by atoms with Crippen molar-refractivity contribution in [3.8, 4) is 0 Å². The van der Waals surface area contributed by atoms with Gasteiger partial charge in [-0.2, -0.15) is 4.31 Å². The van der Waals surface area contributed by atoms with Crippen molar-refractivity contribution in [3.05, 3.63) is 29.8 Å². The van der Waals surface area contributed by atoms with Gasteiger partial charge < -0.3 is 4.74 Å². The molecule has 0 amide bonds. The molecule has 0 N–H and O–H groups in total. The molecule has 0 atom stereocenters. The summed E-state index contributed by atoms with van der Waals surface area (Å²) in [4.78, 5) is 11.5. The van der Waals surface area contributed by atoms with Crippen LogP contribution >= 0.6 is 0 Å². The van der Waals surface area contributed by atoms with Crippen molar-refractivity contribution < 1.29 is 17.9 Å². The summed E-state index contributed by atoms with van der Waals surface area (Å²) in [6.07, 6.45) is 0.870. The zero-order valence-electron chi connectivity index (χ0n) is 11.0. The second kappa shape index (κ2) is 5.30. The molecule has 1 fully saturated rings. The molecule has 104 valence electrons. The molecule has 1 aromatic carbocycles. The van der Waals surface area contributed by atoms with E-state index < -0.39 is 10.0 Å². The van der Waals surface area contributed by atoms with Crippen molar-refractivity contribution in [2.24, 2.45) is 5.92 Å². The van der Waals surface area contributed by atoms with Gasteiger partial charge in [-0.25, -0.2) is 8.42 Å². The van der Waals surface area contributed by atoms with Crippen molar-refractivity contribution in [2.75, 3.05) is 20.2 Å². The molecular weight excluding hydrogens is 266 g/mol. The van der Waals surface area contributed by atoms with Crippen LogP contribution < -0.4 is 0 Å². The Morgan fingerprint density at radius 1 is 1.32 bits per heavy atom. The van der Waals surface area contributed by atoms with Crippen LogP contribution in [-0.4, -0.2) is 38.9 Å². The van der Waals surface area contributed by atoms with E-state index in [2.05, 4.69) is 4.74 Å². The van der Waals surface area contributed by atoms with Crippen LogP contribution in [0, 0.1) is 5.92 Å². The number of benzene rings is 1. The summed E-state index contributed by atoms with van der Waals surface area (Å²) < 4.78 is 30.4. The number of hydrogen-bond donors (Lipinski definition) is 0. The van der Waals surface area contributed by atoms with Gasteiger partial charge in [-0.05, 0) is 24.1 Å². The van der Waals surface area contributed by atoms with E-state index in [9.17, 15) is 13.2 Å². The molecule has 19 heavy (non-hydrogen) atoms. The van der Waals surface area contributed by atoms with Crippen molar-refractivity contribution in [2.45, 2.75) is 18.2 Å². The Morgan fingerprint density at radius 2 is 1.89 bits per heavy atom. The summed E-state index contributed by atoms with van der Waals surface area (Å²) >= 11 is 0. The van der Waals surface area contributed by atoms with Crippen LogP contribution in [0.3, 0.4) is 0 Å². The lowest BCUT2D eigenvalue weighted by Crippen LogP contribution is -2.53. The van der Waals surface area contributed by atoms with Crippen LogP contribution in [0.5, 0.6) is 0 Å². The topological polar surface area (TPSA) is 63.7 Å². The molecular formula is C13H17NO4S. The van der Waals surface area contributed by atoms with Crippen molar-refractivity contribution in [3.63, 3.8) is 0 Å². The fraction of sp³-hybridized carbons (Fsp3) is 0.462. The Bertz CT molecular complexity index is 559. The minimum absolute atomic E-state index is 0.199. The Balaban J connectivity index is 2.09. The Hall–Kier alpha value is -1.40. The molecule has 1 heterocycles. The number of esters is 1. The third-order valence-corrected chi connectivity index (χ3v) is 5.20. The maximum Gasteiger partial charge on any atom is 0.311 e. The van der Waals surface area contributed by atoms with E-state index in [1.807, 2.05) is 19.1 Å². The van der Waals surface area contributed by atoms with E-state index in [4.69, 9.17) is 0 Å². The predicted molar refractivity (Wildman–Crippen MR) is 70.1 cm³/mol. The minimum atomic E-state index is -3.48. The smallest absolute Gasteiger partial charge is 0.311 e. The summed E-state index contributed by atoms with van der Waals surface area (Å²) in [6, 6.07) is 6.84. The van der Waals surface area contributed by atoms with Gasteiger partial charge in [-0.1, -0.05) is 19.1 Å². The first-order valence-corrected chi connectivity index (χ1v) is 7.60. The zero-order valence-corrected chi connectivity index (χ0v) is 11.8. The number of carbonyl (C=O) groups is 1. The maximum absolute atomic E-state index is 12.2. The fourth-order valence-electron chi connectivity index (χ4n) is 2.00. The number of hydrogen-bond acceptors (Lipinski definition) is 4. The Labute approximate surface area is 113 Å². The number of carbonyl (C=O) groups excluding carboxylic acids is 1. The number of aryl methyl sites for hydroxylation is 1. The van der Waals surface area contributed by atoms with Gasteiger partial charge in [-0.3, -0.25) is 4.79 Å². The van der Waals surface area contributed by atoms with E-state index in [1.54, 1.807) is 12.1 Å². The van der Waals surface area contributed by atoms with Crippen molar-refractivity contribution in [1.82, 2.24) is 4.31 Å². The van der Waals surface area contributed by atoms with Gasteiger partial charge in [-0.15, -0.1) is 0 Å². The van der Waals surface area contributed by atoms with Crippen molar-refractivity contribution in [1.29, 1.82) is 0 Å². The van der Waals surface area contributed by atoms with Crippen molar-refractivity contribution >= 4 is 16.0 Å². The SMILES string of the molecule is CCc1ccc(S(=O)(=O)N2CC(C(=O)OC)C2)cc1. The molecule has 1 aromatic rings. The Kier molecular flexibility index (Phi) is 3.91. The Morgan fingerprint density at radius 3 is 2.37 bits per heavy atom. The second-order valence-corrected chi connectivity index (χ2v) is 6.48. The molecule has 0 aromatic heterocycles. The van der Waals surface area contributed by atoms with Crippen LogP contribution in [0.1, 0.15) is 12.5 Å². The number of rotatable bonds is 4. The number of ether oxygens (including phenoxy) is 1. The summed E-state index contributed by atoms with van der Waals surface area (Å²) in [6.45, 7) is 2.41.